The third kappa shape index (κ3) is 2.71. The number of allylic oxidation sites excluding steroid dienone is 1. The number of alkyl halides is 1. The summed E-state index contributed by atoms with van der Waals surface area (Å²) >= 11 is 3.41. The Morgan fingerprint density at radius 1 is 1.21 bits per heavy atom. The Morgan fingerprint density at radius 3 is 2.07 bits per heavy atom. The van der Waals surface area contributed by atoms with Crippen LogP contribution in [0.5, 0.6) is 0 Å². The zero-order valence-corrected chi connectivity index (χ0v) is 10.7. The van der Waals surface area contributed by atoms with Crippen molar-refractivity contribution in [3.63, 3.8) is 0 Å². The zero-order chi connectivity index (χ0) is 10.8. The van der Waals surface area contributed by atoms with Crippen LogP contribution >= 0.6 is 15.9 Å². The van der Waals surface area contributed by atoms with E-state index in [1.807, 2.05) is 0 Å². The summed E-state index contributed by atoms with van der Waals surface area (Å²) in [5, 5.41) is 0.835. The van der Waals surface area contributed by atoms with E-state index in [2.05, 4.69) is 67.5 Å². The Labute approximate surface area is 95.2 Å². The van der Waals surface area contributed by atoms with Gasteiger partial charge in [0.25, 0.3) is 0 Å². The molecule has 1 aromatic rings. The maximum atomic E-state index is 3.99. The highest BCUT2D eigenvalue weighted by Crippen LogP contribution is 2.24. The molecule has 1 rings (SSSR count). The van der Waals surface area contributed by atoms with Crippen LogP contribution < -0.4 is 0 Å². The van der Waals surface area contributed by atoms with Gasteiger partial charge in [-0.1, -0.05) is 67.5 Å². The number of rotatable bonds is 2. The van der Waals surface area contributed by atoms with Gasteiger partial charge < -0.3 is 0 Å². The molecule has 0 atom stereocenters. The van der Waals surface area contributed by atoms with Gasteiger partial charge in [-0.05, 0) is 22.1 Å². The molecular weight excluding hydrogens is 236 g/mol. The minimum Gasteiger partial charge on any atom is -0.0944 e. The van der Waals surface area contributed by atoms with E-state index in [0.717, 1.165) is 10.9 Å². The molecule has 0 aliphatic heterocycles. The van der Waals surface area contributed by atoms with E-state index in [0.29, 0.717) is 0 Å². The van der Waals surface area contributed by atoms with Crippen molar-refractivity contribution in [3.05, 3.63) is 42.0 Å². The topological polar surface area (TPSA) is 0 Å². The third-order valence-electron chi connectivity index (χ3n) is 2.32. The molecule has 0 amide bonds. The van der Waals surface area contributed by atoms with Crippen molar-refractivity contribution in [2.45, 2.75) is 26.2 Å². The Kier molecular flexibility index (Phi) is 3.54. The molecule has 0 aliphatic rings. The summed E-state index contributed by atoms with van der Waals surface area (Å²) in [5.41, 5.74) is 3.94. The molecule has 0 spiro atoms. The van der Waals surface area contributed by atoms with Crippen molar-refractivity contribution >= 4 is 21.5 Å². The monoisotopic (exact) mass is 252 g/mol. The van der Waals surface area contributed by atoms with Crippen molar-refractivity contribution in [2.75, 3.05) is 5.33 Å². The van der Waals surface area contributed by atoms with Crippen LogP contribution in [0.4, 0.5) is 0 Å². The Bertz CT molecular complexity index is 314. The van der Waals surface area contributed by atoms with Gasteiger partial charge in [-0.15, -0.1) is 0 Å². The number of hydrogen-bond donors (Lipinski definition) is 0. The number of hydrogen-bond acceptors (Lipinski definition) is 0. The number of halogens is 1. The van der Waals surface area contributed by atoms with Gasteiger partial charge in [0, 0.05) is 5.33 Å². The maximum Gasteiger partial charge on any atom is 0.0283 e. The van der Waals surface area contributed by atoms with E-state index in [-0.39, 0.29) is 5.41 Å². The van der Waals surface area contributed by atoms with Gasteiger partial charge in [-0.3, -0.25) is 0 Å². The fourth-order valence-corrected chi connectivity index (χ4v) is 1.61. The van der Waals surface area contributed by atoms with Crippen molar-refractivity contribution in [1.29, 1.82) is 0 Å². The van der Waals surface area contributed by atoms with Crippen LogP contribution in [0, 0.1) is 0 Å². The van der Waals surface area contributed by atoms with E-state index >= 15 is 0 Å². The Hall–Kier alpha value is -0.560. The van der Waals surface area contributed by atoms with Crippen LogP contribution in [0.25, 0.3) is 5.57 Å². The molecule has 0 nitrogen and oxygen atoms in total. The molecule has 0 saturated carbocycles. The predicted molar refractivity (Wildman–Crippen MR) is 68.0 cm³/mol. The average Bonchev–Trinajstić information content (AvgIpc) is 2.15. The van der Waals surface area contributed by atoms with E-state index in [1.54, 1.807) is 0 Å². The normalized spacial score (nSPS) is 11.4. The van der Waals surface area contributed by atoms with Crippen LogP contribution in [0.1, 0.15) is 31.9 Å². The van der Waals surface area contributed by atoms with E-state index < -0.39 is 0 Å². The largest absolute Gasteiger partial charge is 0.0944 e. The Balaban J connectivity index is 2.95. The molecule has 0 fully saturated rings. The molecule has 1 heteroatoms. The first-order valence-electron chi connectivity index (χ1n) is 4.80. The van der Waals surface area contributed by atoms with Crippen molar-refractivity contribution in [3.8, 4) is 0 Å². The fourth-order valence-electron chi connectivity index (χ4n) is 1.28. The van der Waals surface area contributed by atoms with Gasteiger partial charge in [0.1, 0.15) is 0 Å². The highest BCUT2D eigenvalue weighted by atomic mass is 79.9. The molecular formula is C13H17Br. The van der Waals surface area contributed by atoms with Gasteiger partial charge in [0.2, 0.25) is 0 Å². The summed E-state index contributed by atoms with van der Waals surface area (Å²) in [6.07, 6.45) is 0. The summed E-state index contributed by atoms with van der Waals surface area (Å²) < 4.78 is 0. The zero-order valence-electron chi connectivity index (χ0n) is 9.10. The molecule has 0 aromatic heterocycles. The molecule has 0 radical (unpaired) electrons. The van der Waals surface area contributed by atoms with E-state index in [4.69, 9.17) is 0 Å². The summed E-state index contributed by atoms with van der Waals surface area (Å²) in [4.78, 5) is 0. The van der Waals surface area contributed by atoms with Crippen molar-refractivity contribution in [2.24, 2.45) is 0 Å². The lowest BCUT2D eigenvalue weighted by atomic mass is 9.86. The standard InChI is InChI=1S/C13H17Br/c1-10(9-14)11-5-7-12(8-6-11)13(2,3)4/h5-8H,1,9H2,2-4H3. The molecule has 0 unspecified atom stereocenters. The lowest BCUT2D eigenvalue weighted by Crippen LogP contribution is -2.10. The maximum absolute atomic E-state index is 3.99. The van der Waals surface area contributed by atoms with Gasteiger partial charge in [0.15, 0.2) is 0 Å². The first kappa shape index (κ1) is 11.5. The third-order valence-corrected chi connectivity index (χ3v) is 3.00. The SMILES string of the molecule is C=C(CBr)c1ccc(C(C)(C)C)cc1. The summed E-state index contributed by atoms with van der Waals surface area (Å²) in [6, 6.07) is 8.65. The summed E-state index contributed by atoms with van der Waals surface area (Å²) in [5.74, 6) is 0. The van der Waals surface area contributed by atoms with Crippen LogP contribution in [0.2, 0.25) is 0 Å². The highest BCUT2D eigenvalue weighted by molar-refractivity contribution is 9.09. The minimum atomic E-state index is 0.230. The lowest BCUT2D eigenvalue weighted by Gasteiger charge is -2.19. The Morgan fingerprint density at radius 2 is 1.71 bits per heavy atom. The van der Waals surface area contributed by atoms with Crippen LogP contribution in [-0.2, 0) is 5.41 Å². The molecule has 76 valence electrons. The van der Waals surface area contributed by atoms with Crippen molar-refractivity contribution < 1.29 is 0 Å². The summed E-state index contributed by atoms with van der Waals surface area (Å²) in [7, 11) is 0. The number of benzene rings is 1. The molecule has 0 bridgehead atoms. The predicted octanol–water partition coefficient (Wildman–Crippen LogP) is 4.39. The molecule has 0 N–H and O–H groups in total. The molecule has 0 heterocycles. The van der Waals surface area contributed by atoms with Gasteiger partial charge in [-0.2, -0.15) is 0 Å². The van der Waals surface area contributed by atoms with Crippen molar-refractivity contribution in [1.82, 2.24) is 0 Å². The molecule has 14 heavy (non-hydrogen) atoms. The highest BCUT2D eigenvalue weighted by Gasteiger charge is 2.12. The fraction of sp³-hybridized carbons (Fsp3) is 0.385. The average molecular weight is 253 g/mol. The minimum absolute atomic E-state index is 0.230. The first-order valence-corrected chi connectivity index (χ1v) is 5.92. The second-order valence-electron chi connectivity index (χ2n) is 4.56. The second kappa shape index (κ2) is 4.31. The van der Waals surface area contributed by atoms with Crippen LogP contribution in [-0.4, -0.2) is 5.33 Å². The van der Waals surface area contributed by atoms with Crippen LogP contribution in [0.3, 0.4) is 0 Å². The van der Waals surface area contributed by atoms with Gasteiger partial charge >= 0.3 is 0 Å². The summed E-state index contributed by atoms with van der Waals surface area (Å²) in [6.45, 7) is 10.7. The quantitative estimate of drug-likeness (QED) is 0.685. The lowest BCUT2D eigenvalue weighted by molar-refractivity contribution is 0.590. The first-order chi connectivity index (χ1) is 6.45. The van der Waals surface area contributed by atoms with Gasteiger partial charge in [0.05, 0.1) is 0 Å². The van der Waals surface area contributed by atoms with Crippen LogP contribution in [0.15, 0.2) is 30.8 Å². The molecule has 0 aliphatic carbocycles. The van der Waals surface area contributed by atoms with E-state index in [9.17, 15) is 0 Å². The smallest absolute Gasteiger partial charge is 0.0283 e. The van der Waals surface area contributed by atoms with Gasteiger partial charge in [-0.25, -0.2) is 0 Å². The second-order valence-corrected chi connectivity index (χ2v) is 5.13. The van der Waals surface area contributed by atoms with E-state index in [1.165, 1.54) is 11.1 Å². The molecule has 1 aromatic carbocycles. The molecule has 0 saturated heterocycles.